The van der Waals surface area contributed by atoms with Crippen molar-refractivity contribution in [2.24, 2.45) is 14.1 Å². The lowest BCUT2D eigenvalue weighted by atomic mass is 10.3. The molecular formula is C9H10BrN3O. The molecule has 74 valence electrons. The minimum Gasteiger partial charge on any atom is -0.314 e. The molecule has 2 heterocycles. The highest BCUT2D eigenvalue weighted by Crippen LogP contribution is 2.23. The molecule has 2 aromatic heterocycles. The van der Waals surface area contributed by atoms with Crippen molar-refractivity contribution in [1.29, 1.82) is 0 Å². The molecular weight excluding hydrogens is 246 g/mol. The van der Waals surface area contributed by atoms with E-state index in [4.69, 9.17) is 0 Å². The number of halogens is 1. The summed E-state index contributed by atoms with van der Waals surface area (Å²) in [5, 5.41) is 4.72. The number of rotatable bonds is 0. The van der Waals surface area contributed by atoms with Gasteiger partial charge in [0.05, 0.1) is 21.6 Å². The maximum Gasteiger partial charge on any atom is 0.261 e. The van der Waals surface area contributed by atoms with Crippen LogP contribution in [0.25, 0.3) is 10.9 Å². The first-order valence-electron chi connectivity index (χ1n) is 4.21. The molecule has 0 atom stereocenters. The van der Waals surface area contributed by atoms with Gasteiger partial charge in [0.25, 0.3) is 5.56 Å². The standard InChI is InChI=1S/C9H10BrN3O/c1-5-7(10)8-6(4-11-13(8)3)9(14)12(5)2/h4H,1-3H3. The molecule has 5 heteroatoms. The average molecular weight is 256 g/mol. The Hall–Kier alpha value is -1.10. The largest absolute Gasteiger partial charge is 0.314 e. The molecule has 4 nitrogen and oxygen atoms in total. The van der Waals surface area contributed by atoms with Crippen LogP contribution in [0.15, 0.2) is 15.5 Å². The second kappa shape index (κ2) is 2.95. The summed E-state index contributed by atoms with van der Waals surface area (Å²) in [4.78, 5) is 11.8. The van der Waals surface area contributed by atoms with E-state index in [-0.39, 0.29) is 5.56 Å². The van der Waals surface area contributed by atoms with Crippen LogP contribution in [0.2, 0.25) is 0 Å². The summed E-state index contributed by atoms with van der Waals surface area (Å²) in [6.07, 6.45) is 1.60. The van der Waals surface area contributed by atoms with E-state index in [0.29, 0.717) is 5.39 Å². The van der Waals surface area contributed by atoms with Crippen LogP contribution in [0, 0.1) is 6.92 Å². The van der Waals surface area contributed by atoms with Gasteiger partial charge in [-0.05, 0) is 22.9 Å². The zero-order valence-electron chi connectivity index (χ0n) is 8.21. The zero-order valence-corrected chi connectivity index (χ0v) is 9.79. The van der Waals surface area contributed by atoms with E-state index in [1.54, 1.807) is 22.5 Å². The van der Waals surface area contributed by atoms with E-state index >= 15 is 0 Å². The Morgan fingerprint density at radius 1 is 1.43 bits per heavy atom. The predicted octanol–water partition coefficient (Wildman–Crippen LogP) is 1.34. The maximum atomic E-state index is 11.8. The molecule has 0 aliphatic rings. The SMILES string of the molecule is Cc1c(Br)c2c(cnn2C)c(=O)n1C. The van der Waals surface area contributed by atoms with Crippen molar-refractivity contribution in [3.8, 4) is 0 Å². The Balaban J connectivity index is 3.13. The highest BCUT2D eigenvalue weighted by atomic mass is 79.9. The van der Waals surface area contributed by atoms with Gasteiger partial charge in [-0.3, -0.25) is 9.48 Å². The lowest BCUT2D eigenvalue weighted by molar-refractivity contribution is 0.787. The van der Waals surface area contributed by atoms with Crippen molar-refractivity contribution in [3.63, 3.8) is 0 Å². The summed E-state index contributed by atoms with van der Waals surface area (Å²) in [5.41, 5.74) is 1.76. The number of hydrogen-bond acceptors (Lipinski definition) is 2. The molecule has 0 aliphatic carbocycles. The van der Waals surface area contributed by atoms with Crippen LogP contribution in [0.1, 0.15) is 5.69 Å². The first-order valence-corrected chi connectivity index (χ1v) is 5.00. The first kappa shape index (κ1) is 9.45. The summed E-state index contributed by atoms with van der Waals surface area (Å²) in [5.74, 6) is 0. The molecule has 0 unspecified atom stereocenters. The Labute approximate surface area is 89.3 Å². The zero-order chi connectivity index (χ0) is 10.5. The van der Waals surface area contributed by atoms with Crippen LogP contribution in [-0.4, -0.2) is 14.3 Å². The van der Waals surface area contributed by atoms with Crippen molar-refractivity contribution in [2.45, 2.75) is 6.92 Å². The number of aromatic nitrogens is 3. The van der Waals surface area contributed by atoms with Gasteiger partial charge in [-0.25, -0.2) is 0 Å². The Morgan fingerprint density at radius 2 is 2.07 bits per heavy atom. The molecule has 0 radical (unpaired) electrons. The lowest BCUT2D eigenvalue weighted by Crippen LogP contribution is -2.19. The molecule has 0 spiro atoms. The van der Waals surface area contributed by atoms with Gasteiger partial charge in [0.2, 0.25) is 0 Å². The van der Waals surface area contributed by atoms with Crippen molar-refractivity contribution >= 4 is 26.8 Å². The van der Waals surface area contributed by atoms with E-state index in [1.807, 2.05) is 14.0 Å². The highest BCUT2D eigenvalue weighted by Gasteiger charge is 2.12. The summed E-state index contributed by atoms with van der Waals surface area (Å²) >= 11 is 3.48. The molecule has 0 saturated carbocycles. The van der Waals surface area contributed by atoms with Crippen molar-refractivity contribution in [2.75, 3.05) is 0 Å². The normalized spacial score (nSPS) is 11.1. The third-order valence-electron chi connectivity index (χ3n) is 2.50. The predicted molar refractivity (Wildman–Crippen MR) is 58.4 cm³/mol. The van der Waals surface area contributed by atoms with Crippen LogP contribution in [0.3, 0.4) is 0 Å². The molecule has 0 N–H and O–H groups in total. The van der Waals surface area contributed by atoms with Crippen molar-refractivity contribution in [1.82, 2.24) is 14.3 Å². The fraction of sp³-hybridized carbons (Fsp3) is 0.333. The topological polar surface area (TPSA) is 39.8 Å². The van der Waals surface area contributed by atoms with E-state index in [1.165, 1.54) is 0 Å². The number of pyridine rings is 1. The molecule has 2 aromatic rings. The van der Waals surface area contributed by atoms with E-state index in [0.717, 1.165) is 15.7 Å². The van der Waals surface area contributed by atoms with Gasteiger partial charge in [-0.15, -0.1) is 0 Å². The second-order valence-electron chi connectivity index (χ2n) is 3.29. The van der Waals surface area contributed by atoms with Crippen molar-refractivity contribution in [3.05, 3.63) is 26.7 Å². The number of hydrogen-bond donors (Lipinski definition) is 0. The van der Waals surface area contributed by atoms with E-state index < -0.39 is 0 Å². The molecule has 0 aliphatic heterocycles. The molecule has 0 bridgehead atoms. The minimum atomic E-state index is -0.00574. The molecule has 2 rings (SSSR count). The van der Waals surface area contributed by atoms with Crippen LogP contribution in [0.5, 0.6) is 0 Å². The van der Waals surface area contributed by atoms with Gasteiger partial charge in [0.1, 0.15) is 0 Å². The van der Waals surface area contributed by atoms with E-state index in [2.05, 4.69) is 21.0 Å². The Morgan fingerprint density at radius 3 is 2.71 bits per heavy atom. The summed E-state index contributed by atoms with van der Waals surface area (Å²) in [7, 11) is 3.58. The summed E-state index contributed by atoms with van der Waals surface area (Å²) in [6.45, 7) is 1.90. The quantitative estimate of drug-likeness (QED) is 0.713. The van der Waals surface area contributed by atoms with Gasteiger partial charge in [0, 0.05) is 19.8 Å². The third kappa shape index (κ3) is 1.05. The first-order chi connectivity index (χ1) is 6.54. The second-order valence-corrected chi connectivity index (χ2v) is 4.09. The minimum absolute atomic E-state index is 0.00574. The van der Waals surface area contributed by atoms with E-state index in [9.17, 15) is 4.79 Å². The lowest BCUT2D eigenvalue weighted by Gasteiger charge is -2.07. The molecule has 0 aromatic carbocycles. The van der Waals surface area contributed by atoms with Gasteiger partial charge in [-0.2, -0.15) is 5.10 Å². The van der Waals surface area contributed by atoms with Crippen LogP contribution >= 0.6 is 15.9 Å². The maximum absolute atomic E-state index is 11.8. The molecule has 0 saturated heterocycles. The van der Waals surface area contributed by atoms with Gasteiger partial charge < -0.3 is 4.57 Å². The molecule has 0 amide bonds. The average Bonchev–Trinajstić information content (AvgIpc) is 2.54. The molecule has 0 fully saturated rings. The van der Waals surface area contributed by atoms with Crippen LogP contribution < -0.4 is 5.56 Å². The van der Waals surface area contributed by atoms with Crippen molar-refractivity contribution < 1.29 is 0 Å². The molecule has 14 heavy (non-hydrogen) atoms. The Bertz CT molecular complexity index is 567. The third-order valence-corrected chi connectivity index (χ3v) is 3.45. The summed E-state index contributed by atoms with van der Waals surface area (Å²) < 4.78 is 4.25. The van der Waals surface area contributed by atoms with Crippen LogP contribution in [-0.2, 0) is 14.1 Å². The monoisotopic (exact) mass is 255 g/mol. The van der Waals surface area contributed by atoms with Gasteiger partial charge >= 0.3 is 0 Å². The fourth-order valence-corrected chi connectivity index (χ4v) is 2.24. The highest BCUT2D eigenvalue weighted by molar-refractivity contribution is 9.10. The van der Waals surface area contributed by atoms with Crippen LogP contribution in [0.4, 0.5) is 0 Å². The van der Waals surface area contributed by atoms with Gasteiger partial charge in [-0.1, -0.05) is 0 Å². The summed E-state index contributed by atoms with van der Waals surface area (Å²) in [6, 6.07) is 0. The van der Waals surface area contributed by atoms with Gasteiger partial charge in [0.15, 0.2) is 0 Å². The number of nitrogens with zero attached hydrogens (tertiary/aromatic N) is 3. The number of fused-ring (bicyclic) bond motifs is 1. The number of aryl methyl sites for hydroxylation is 1. The smallest absolute Gasteiger partial charge is 0.261 e. The Kier molecular flexibility index (Phi) is 1.99. The fourth-order valence-electron chi connectivity index (χ4n) is 1.51.